The molecular formula is C19H28S. The van der Waals surface area contributed by atoms with Gasteiger partial charge in [0.1, 0.15) is 0 Å². The Hall–Kier alpha value is -0.820. The summed E-state index contributed by atoms with van der Waals surface area (Å²) in [5, 5.41) is 1.55. The highest BCUT2D eigenvalue weighted by Gasteiger charge is 2.29. The fourth-order valence-corrected chi connectivity index (χ4v) is 4.84. The molecule has 0 aliphatic heterocycles. The van der Waals surface area contributed by atoms with Gasteiger partial charge in [-0.3, -0.25) is 0 Å². The summed E-state index contributed by atoms with van der Waals surface area (Å²) >= 11 is 2.00. The molecule has 0 bridgehead atoms. The molecule has 2 aromatic rings. The number of rotatable bonds is 3. The summed E-state index contributed by atoms with van der Waals surface area (Å²) in [5.41, 5.74) is 7.85. The lowest BCUT2D eigenvalue weighted by atomic mass is 9.75. The Morgan fingerprint density at radius 1 is 0.800 bits per heavy atom. The van der Waals surface area contributed by atoms with Crippen LogP contribution in [0.3, 0.4) is 0 Å². The van der Waals surface area contributed by atoms with Crippen molar-refractivity contribution in [2.45, 2.75) is 73.6 Å². The first-order chi connectivity index (χ1) is 9.28. The standard InChI is InChI=1S/C19H28S/c1-9-19(8,10-2)17-15(7)20-18-14(6)12(4)11(3)13(5)16(17)18/h9-10H2,1-8H3. The fourth-order valence-electron chi connectivity index (χ4n) is 3.42. The minimum atomic E-state index is 0.307. The molecule has 110 valence electrons. The van der Waals surface area contributed by atoms with Crippen molar-refractivity contribution in [3.8, 4) is 0 Å². The maximum Gasteiger partial charge on any atom is 0.0383 e. The zero-order valence-corrected chi connectivity index (χ0v) is 15.1. The normalized spacial score (nSPS) is 12.4. The molecule has 2 rings (SSSR count). The van der Waals surface area contributed by atoms with Crippen molar-refractivity contribution in [1.29, 1.82) is 0 Å². The lowest BCUT2D eigenvalue weighted by Crippen LogP contribution is -2.20. The van der Waals surface area contributed by atoms with Crippen molar-refractivity contribution in [3.63, 3.8) is 0 Å². The molecule has 0 radical (unpaired) electrons. The largest absolute Gasteiger partial charge is 0.140 e. The summed E-state index contributed by atoms with van der Waals surface area (Å²) in [6, 6.07) is 0. The van der Waals surface area contributed by atoms with Gasteiger partial charge in [0.25, 0.3) is 0 Å². The van der Waals surface area contributed by atoms with Gasteiger partial charge in [0.15, 0.2) is 0 Å². The van der Waals surface area contributed by atoms with Crippen LogP contribution >= 0.6 is 11.3 Å². The van der Waals surface area contributed by atoms with E-state index in [1.54, 1.807) is 10.9 Å². The third kappa shape index (κ3) is 2.02. The Morgan fingerprint density at radius 3 is 1.80 bits per heavy atom. The smallest absolute Gasteiger partial charge is 0.0383 e. The van der Waals surface area contributed by atoms with Gasteiger partial charge in [-0.05, 0) is 86.1 Å². The summed E-state index contributed by atoms with van der Waals surface area (Å²) in [5.74, 6) is 0. The van der Waals surface area contributed by atoms with Crippen LogP contribution in [0, 0.1) is 34.6 Å². The van der Waals surface area contributed by atoms with Gasteiger partial charge in [0, 0.05) is 9.58 Å². The number of hydrogen-bond donors (Lipinski definition) is 0. The summed E-state index contributed by atoms with van der Waals surface area (Å²) in [4.78, 5) is 1.52. The van der Waals surface area contributed by atoms with Crippen molar-refractivity contribution in [2.24, 2.45) is 0 Å². The van der Waals surface area contributed by atoms with Gasteiger partial charge < -0.3 is 0 Å². The molecule has 1 heteroatoms. The van der Waals surface area contributed by atoms with Crippen LogP contribution in [0.25, 0.3) is 10.1 Å². The van der Waals surface area contributed by atoms with Crippen molar-refractivity contribution in [3.05, 3.63) is 32.7 Å². The molecule has 1 heterocycles. The molecular weight excluding hydrogens is 260 g/mol. The number of hydrogen-bond acceptors (Lipinski definition) is 1. The van der Waals surface area contributed by atoms with Crippen molar-refractivity contribution in [1.82, 2.24) is 0 Å². The molecule has 0 fully saturated rings. The number of thiophene rings is 1. The second-order valence-corrected chi connectivity index (χ2v) is 7.73. The third-order valence-electron chi connectivity index (χ3n) is 5.65. The first kappa shape index (κ1) is 15.6. The molecule has 0 amide bonds. The number of benzene rings is 1. The van der Waals surface area contributed by atoms with Crippen LogP contribution in [0.2, 0.25) is 0 Å². The Kier molecular flexibility index (Phi) is 4.03. The van der Waals surface area contributed by atoms with E-state index in [-0.39, 0.29) is 0 Å². The lowest BCUT2D eigenvalue weighted by Gasteiger charge is -2.29. The first-order valence-corrected chi connectivity index (χ1v) is 8.60. The van der Waals surface area contributed by atoms with Crippen molar-refractivity contribution in [2.75, 3.05) is 0 Å². The number of fused-ring (bicyclic) bond motifs is 1. The fraction of sp³-hybridized carbons (Fsp3) is 0.579. The molecule has 0 saturated carbocycles. The summed E-state index contributed by atoms with van der Waals surface area (Å²) < 4.78 is 1.52. The molecule has 0 N–H and O–H groups in total. The van der Waals surface area contributed by atoms with Gasteiger partial charge in [-0.25, -0.2) is 0 Å². The Morgan fingerprint density at radius 2 is 1.30 bits per heavy atom. The Bertz CT molecular complexity index is 654. The van der Waals surface area contributed by atoms with E-state index >= 15 is 0 Å². The molecule has 0 atom stereocenters. The molecule has 0 nitrogen and oxygen atoms in total. The van der Waals surface area contributed by atoms with Gasteiger partial charge in [0.05, 0.1) is 0 Å². The van der Waals surface area contributed by atoms with E-state index in [1.807, 2.05) is 11.3 Å². The summed E-state index contributed by atoms with van der Waals surface area (Å²) in [6.07, 6.45) is 2.42. The maximum atomic E-state index is 2.44. The quantitative estimate of drug-likeness (QED) is 0.603. The van der Waals surface area contributed by atoms with E-state index in [0.717, 1.165) is 0 Å². The highest BCUT2D eigenvalue weighted by molar-refractivity contribution is 7.19. The molecule has 20 heavy (non-hydrogen) atoms. The average molecular weight is 288 g/mol. The molecule has 0 aliphatic rings. The summed E-state index contributed by atoms with van der Waals surface area (Å²) in [7, 11) is 0. The van der Waals surface area contributed by atoms with Crippen LogP contribution in [-0.2, 0) is 5.41 Å². The minimum absolute atomic E-state index is 0.307. The van der Waals surface area contributed by atoms with E-state index in [2.05, 4.69) is 55.4 Å². The van der Waals surface area contributed by atoms with Crippen LogP contribution < -0.4 is 0 Å². The monoisotopic (exact) mass is 288 g/mol. The van der Waals surface area contributed by atoms with Crippen LogP contribution in [-0.4, -0.2) is 0 Å². The average Bonchev–Trinajstić information content (AvgIpc) is 2.80. The van der Waals surface area contributed by atoms with Gasteiger partial charge in [-0.2, -0.15) is 0 Å². The van der Waals surface area contributed by atoms with Crippen LogP contribution in [0.4, 0.5) is 0 Å². The minimum Gasteiger partial charge on any atom is -0.140 e. The van der Waals surface area contributed by atoms with Crippen molar-refractivity contribution < 1.29 is 0 Å². The highest BCUT2D eigenvalue weighted by atomic mass is 32.1. The molecule has 1 aromatic carbocycles. The maximum absolute atomic E-state index is 2.44. The van der Waals surface area contributed by atoms with Crippen LogP contribution in [0.15, 0.2) is 0 Å². The van der Waals surface area contributed by atoms with E-state index in [1.165, 1.54) is 44.7 Å². The predicted molar refractivity (Wildman–Crippen MR) is 93.4 cm³/mol. The molecule has 1 aromatic heterocycles. The van der Waals surface area contributed by atoms with Gasteiger partial charge in [-0.15, -0.1) is 11.3 Å². The van der Waals surface area contributed by atoms with Gasteiger partial charge in [0.2, 0.25) is 0 Å². The molecule has 0 saturated heterocycles. The zero-order valence-electron chi connectivity index (χ0n) is 14.3. The third-order valence-corrected chi connectivity index (χ3v) is 6.88. The SMILES string of the molecule is CCC(C)(CC)c1c(C)sc2c(C)c(C)c(C)c(C)c12. The molecule has 0 spiro atoms. The van der Waals surface area contributed by atoms with E-state index < -0.39 is 0 Å². The summed E-state index contributed by atoms with van der Waals surface area (Å²) in [6.45, 7) is 18.6. The Balaban J connectivity index is 2.98. The van der Waals surface area contributed by atoms with Crippen molar-refractivity contribution >= 4 is 21.4 Å². The van der Waals surface area contributed by atoms with Gasteiger partial charge >= 0.3 is 0 Å². The zero-order chi connectivity index (χ0) is 15.2. The molecule has 0 aliphatic carbocycles. The predicted octanol–water partition coefficient (Wildman–Crippen LogP) is 6.52. The lowest BCUT2D eigenvalue weighted by molar-refractivity contribution is 0.441. The van der Waals surface area contributed by atoms with E-state index in [0.29, 0.717) is 5.41 Å². The first-order valence-electron chi connectivity index (χ1n) is 7.78. The highest BCUT2D eigenvalue weighted by Crippen LogP contribution is 2.46. The second kappa shape index (κ2) is 5.18. The van der Waals surface area contributed by atoms with Crippen LogP contribution in [0.1, 0.15) is 66.3 Å². The Labute approximate surface area is 128 Å². The van der Waals surface area contributed by atoms with E-state index in [9.17, 15) is 0 Å². The second-order valence-electron chi connectivity index (χ2n) is 6.51. The van der Waals surface area contributed by atoms with Gasteiger partial charge in [-0.1, -0.05) is 20.8 Å². The molecule has 0 unspecified atom stereocenters. The topological polar surface area (TPSA) is 0 Å². The number of aryl methyl sites for hydroxylation is 3. The van der Waals surface area contributed by atoms with Crippen LogP contribution in [0.5, 0.6) is 0 Å². The van der Waals surface area contributed by atoms with E-state index in [4.69, 9.17) is 0 Å².